The van der Waals surface area contributed by atoms with Crippen LogP contribution < -0.4 is 14.8 Å². The van der Waals surface area contributed by atoms with Crippen molar-refractivity contribution in [3.05, 3.63) is 71.3 Å². The van der Waals surface area contributed by atoms with Gasteiger partial charge in [-0.25, -0.2) is 4.98 Å². The third kappa shape index (κ3) is 3.90. The fourth-order valence-electron chi connectivity index (χ4n) is 3.99. The summed E-state index contributed by atoms with van der Waals surface area (Å²) in [5.74, 6) is -0.137. The molecule has 0 spiro atoms. The van der Waals surface area contributed by atoms with E-state index in [0.717, 1.165) is 5.56 Å². The number of fused-ring (bicyclic) bond motifs is 1. The molecule has 2 heterocycles. The summed E-state index contributed by atoms with van der Waals surface area (Å²) < 4.78 is 35.6. The van der Waals surface area contributed by atoms with Gasteiger partial charge in [-0.05, 0) is 55.2 Å². The van der Waals surface area contributed by atoms with Crippen molar-refractivity contribution in [2.75, 3.05) is 5.32 Å². The number of rotatable bonds is 5. The molecule has 3 aromatic rings. The predicted molar refractivity (Wildman–Crippen MR) is 114 cm³/mol. The Morgan fingerprint density at radius 3 is 2.55 bits per heavy atom. The normalized spacial score (nSPS) is 17.2. The fourth-order valence-corrected chi connectivity index (χ4v) is 3.99. The molecule has 1 amide bonds. The molecule has 0 saturated heterocycles. The number of aliphatic hydroxyl groups excluding tert-OH is 1. The van der Waals surface area contributed by atoms with Gasteiger partial charge in [0, 0.05) is 11.1 Å². The van der Waals surface area contributed by atoms with Gasteiger partial charge in [-0.3, -0.25) is 4.79 Å². The minimum absolute atomic E-state index is 0.0694. The summed E-state index contributed by atoms with van der Waals surface area (Å²) >= 11 is 0. The molecular weight excluding hydrogens is 434 g/mol. The van der Waals surface area contributed by atoms with Crippen molar-refractivity contribution in [3.63, 3.8) is 0 Å². The number of amides is 1. The number of nitrogens with one attached hydrogen (secondary N) is 1. The summed E-state index contributed by atoms with van der Waals surface area (Å²) in [6.07, 6.45) is -4.20. The number of aliphatic hydroxyl groups is 2. The van der Waals surface area contributed by atoms with Crippen LogP contribution in [0.1, 0.15) is 35.8 Å². The largest absolute Gasteiger partial charge is 0.586 e. The third-order valence-electron chi connectivity index (χ3n) is 5.94. The van der Waals surface area contributed by atoms with Crippen molar-refractivity contribution < 1.29 is 33.3 Å². The van der Waals surface area contributed by atoms with Crippen LogP contribution in [0.2, 0.25) is 0 Å². The molecule has 9 heteroatoms. The Labute approximate surface area is 187 Å². The smallest absolute Gasteiger partial charge is 0.395 e. The van der Waals surface area contributed by atoms with Gasteiger partial charge in [-0.1, -0.05) is 30.3 Å². The molecule has 1 fully saturated rings. The van der Waals surface area contributed by atoms with E-state index in [1.807, 2.05) is 13.0 Å². The van der Waals surface area contributed by atoms with Crippen LogP contribution in [0, 0.1) is 6.92 Å². The van der Waals surface area contributed by atoms with E-state index in [0.29, 0.717) is 41.0 Å². The van der Waals surface area contributed by atoms with Gasteiger partial charge >= 0.3 is 6.29 Å². The molecule has 2 aliphatic rings. The lowest BCUT2D eigenvalue weighted by Gasteiger charge is -2.17. The molecule has 33 heavy (non-hydrogen) atoms. The maximum Gasteiger partial charge on any atom is 0.586 e. The molecule has 5 rings (SSSR count). The summed E-state index contributed by atoms with van der Waals surface area (Å²) in [7, 11) is 0. The van der Waals surface area contributed by atoms with Crippen LogP contribution in [0.3, 0.4) is 0 Å². The van der Waals surface area contributed by atoms with E-state index in [-0.39, 0.29) is 17.4 Å². The molecule has 0 unspecified atom stereocenters. The van der Waals surface area contributed by atoms with Crippen molar-refractivity contribution in [2.24, 2.45) is 0 Å². The number of carbonyl (C=O) groups excluding carboxylic acids is 1. The van der Waals surface area contributed by atoms with Gasteiger partial charge in [0.2, 0.25) is 5.91 Å². The molecule has 1 aliphatic carbocycles. The highest BCUT2D eigenvalue weighted by atomic mass is 19.3. The van der Waals surface area contributed by atoms with Crippen LogP contribution in [0.15, 0.2) is 54.6 Å². The minimum atomic E-state index is -3.72. The van der Waals surface area contributed by atoms with Gasteiger partial charge < -0.3 is 25.0 Å². The fraction of sp³-hybridized carbons (Fsp3) is 0.250. The number of nitrogens with zero attached hydrogens (tertiary/aromatic N) is 1. The highest BCUT2D eigenvalue weighted by Gasteiger charge is 2.53. The average molecular weight is 454 g/mol. The van der Waals surface area contributed by atoms with Crippen LogP contribution in [-0.4, -0.2) is 27.4 Å². The van der Waals surface area contributed by atoms with Crippen molar-refractivity contribution in [1.82, 2.24) is 4.98 Å². The molecule has 0 radical (unpaired) electrons. The van der Waals surface area contributed by atoms with Crippen LogP contribution in [0.4, 0.5) is 14.6 Å². The first-order chi connectivity index (χ1) is 15.7. The van der Waals surface area contributed by atoms with Crippen molar-refractivity contribution >= 4 is 11.7 Å². The lowest BCUT2D eigenvalue weighted by molar-refractivity contribution is -0.286. The average Bonchev–Trinajstić information content (AvgIpc) is 3.52. The first-order valence-electron chi connectivity index (χ1n) is 10.3. The molecule has 1 aromatic heterocycles. The number of aromatic nitrogens is 1. The minimum Gasteiger partial charge on any atom is -0.395 e. The van der Waals surface area contributed by atoms with Crippen LogP contribution in [0.5, 0.6) is 11.5 Å². The Morgan fingerprint density at radius 1 is 1.06 bits per heavy atom. The SMILES string of the molecule is Cc1ccc(NC(=O)C2(c3ccc4c(c3)OC(F)(F)O4)CC2)nc1-c1cccc(C(O)O)c1. The van der Waals surface area contributed by atoms with Gasteiger partial charge in [-0.2, -0.15) is 0 Å². The Kier molecular flexibility index (Phi) is 4.84. The second kappa shape index (κ2) is 7.50. The van der Waals surface area contributed by atoms with Crippen molar-refractivity contribution in [2.45, 2.75) is 37.8 Å². The van der Waals surface area contributed by atoms with Gasteiger partial charge in [0.25, 0.3) is 0 Å². The summed E-state index contributed by atoms with van der Waals surface area (Å²) in [5, 5.41) is 21.7. The van der Waals surface area contributed by atoms with Crippen LogP contribution >= 0.6 is 0 Å². The topological polar surface area (TPSA) is 101 Å². The highest BCUT2D eigenvalue weighted by Crippen LogP contribution is 2.52. The molecular formula is C24H20F2N2O5. The number of alkyl halides is 2. The molecule has 7 nitrogen and oxygen atoms in total. The van der Waals surface area contributed by atoms with Crippen LogP contribution in [-0.2, 0) is 10.2 Å². The molecule has 3 N–H and O–H groups in total. The lowest BCUT2D eigenvalue weighted by Crippen LogP contribution is -2.28. The summed E-state index contributed by atoms with van der Waals surface area (Å²) in [6, 6.07) is 14.6. The summed E-state index contributed by atoms with van der Waals surface area (Å²) in [4.78, 5) is 17.7. The first-order valence-corrected chi connectivity index (χ1v) is 10.3. The molecule has 0 bridgehead atoms. The van der Waals surface area contributed by atoms with Crippen LogP contribution in [0.25, 0.3) is 11.3 Å². The second-order valence-corrected chi connectivity index (χ2v) is 8.23. The number of carbonyl (C=O) groups is 1. The van der Waals surface area contributed by atoms with Crippen molar-refractivity contribution in [1.29, 1.82) is 0 Å². The van der Waals surface area contributed by atoms with E-state index in [9.17, 15) is 23.8 Å². The molecule has 2 aromatic carbocycles. The number of anilines is 1. The predicted octanol–water partition coefficient (Wildman–Crippen LogP) is 4.03. The molecule has 170 valence electrons. The zero-order valence-electron chi connectivity index (χ0n) is 17.5. The monoisotopic (exact) mass is 454 g/mol. The van der Waals surface area contributed by atoms with Gasteiger partial charge in [0.15, 0.2) is 17.8 Å². The quantitative estimate of drug-likeness (QED) is 0.504. The second-order valence-electron chi connectivity index (χ2n) is 8.23. The van der Waals surface area contributed by atoms with Crippen molar-refractivity contribution in [3.8, 4) is 22.8 Å². The number of hydrogen-bond acceptors (Lipinski definition) is 6. The van der Waals surface area contributed by atoms with E-state index in [2.05, 4.69) is 19.8 Å². The Bertz CT molecular complexity index is 1260. The Morgan fingerprint density at radius 2 is 1.82 bits per heavy atom. The number of pyridine rings is 1. The molecule has 0 atom stereocenters. The van der Waals surface area contributed by atoms with E-state index < -0.39 is 18.0 Å². The highest BCUT2D eigenvalue weighted by molar-refractivity contribution is 6.01. The van der Waals surface area contributed by atoms with Gasteiger partial charge in [0.1, 0.15) is 5.82 Å². The number of halogens is 2. The number of aryl methyl sites for hydroxylation is 1. The zero-order valence-corrected chi connectivity index (χ0v) is 17.5. The van der Waals surface area contributed by atoms with E-state index in [4.69, 9.17) is 0 Å². The Balaban J connectivity index is 1.40. The molecule has 1 saturated carbocycles. The summed E-state index contributed by atoms with van der Waals surface area (Å²) in [6.45, 7) is 1.86. The lowest BCUT2D eigenvalue weighted by atomic mass is 9.94. The van der Waals surface area contributed by atoms with Gasteiger partial charge in [-0.15, -0.1) is 8.78 Å². The van der Waals surface area contributed by atoms with Gasteiger partial charge in [0.05, 0.1) is 11.1 Å². The number of ether oxygens (including phenoxy) is 2. The summed E-state index contributed by atoms with van der Waals surface area (Å²) in [5.41, 5.74) is 2.14. The molecule has 1 aliphatic heterocycles. The van der Waals surface area contributed by atoms with E-state index >= 15 is 0 Å². The maximum absolute atomic E-state index is 13.3. The number of hydrogen-bond donors (Lipinski definition) is 3. The standard InChI is InChI=1S/C24H20F2N2O5/c1-13-5-8-19(27-20(13)14-3-2-4-15(11-14)21(29)30)28-22(31)23(9-10-23)16-6-7-17-18(12-16)33-24(25,26)32-17/h2-8,11-12,21,29-30H,9-10H2,1H3,(H,27,28,31). The zero-order chi connectivity index (χ0) is 23.4. The van der Waals surface area contributed by atoms with E-state index in [1.165, 1.54) is 12.1 Å². The Hall–Kier alpha value is -3.56. The van der Waals surface area contributed by atoms with E-state index in [1.54, 1.807) is 36.4 Å². The number of benzene rings is 2. The maximum atomic E-state index is 13.3. The first kappa shape index (κ1) is 21.3. The third-order valence-corrected chi connectivity index (χ3v) is 5.94.